The number of hydrogen-bond donors (Lipinski definition) is 1. The standard InChI is InChI=1S/C24H22N2O/c1-2-26-15-17(12-13-25)21-14-16(10-11-22(21)26)18-7-5-8-20-19-6-3-4-9-23(19)27-24(18)20/h3-11,14-15H,2,12-13,25H2,1H3. The molecule has 0 saturated heterocycles. The zero-order valence-corrected chi connectivity index (χ0v) is 15.4. The maximum Gasteiger partial charge on any atom is 0.143 e. The highest BCUT2D eigenvalue weighted by Crippen LogP contribution is 2.37. The van der Waals surface area contributed by atoms with E-state index in [1.54, 1.807) is 0 Å². The Morgan fingerprint density at radius 2 is 1.78 bits per heavy atom. The van der Waals surface area contributed by atoms with E-state index in [9.17, 15) is 0 Å². The number of furan rings is 1. The normalized spacial score (nSPS) is 11.8. The van der Waals surface area contributed by atoms with Crippen molar-refractivity contribution < 1.29 is 4.42 Å². The lowest BCUT2D eigenvalue weighted by molar-refractivity contribution is 0.670. The SMILES string of the molecule is CCn1cc(CCN)c2cc(-c3cccc4c3oc3ccccc34)ccc21. The van der Waals surface area contributed by atoms with Gasteiger partial charge in [0.1, 0.15) is 11.2 Å². The molecular formula is C24H22N2O. The Bertz CT molecular complexity index is 1280. The number of fused-ring (bicyclic) bond motifs is 4. The van der Waals surface area contributed by atoms with E-state index in [0.717, 1.165) is 40.5 Å². The molecule has 0 fully saturated rings. The second kappa shape index (κ2) is 6.29. The van der Waals surface area contributed by atoms with E-state index in [2.05, 4.69) is 66.2 Å². The van der Waals surface area contributed by atoms with Gasteiger partial charge in [0.05, 0.1) is 0 Å². The molecule has 0 saturated carbocycles. The minimum absolute atomic E-state index is 0.659. The third-order valence-corrected chi connectivity index (χ3v) is 5.43. The molecule has 0 unspecified atom stereocenters. The molecule has 27 heavy (non-hydrogen) atoms. The Morgan fingerprint density at radius 1 is 0.926 bits per heavy atom. The predicted octanol–water partition coefficient (Wildman–Crippen LogP) is 5.73. The van der Waals surface area contributed by atoms with Gasteiger partial charge in [-0.1, -0.05) is 42.5 Å². The fraction of sp³-hybridized carbons (Fsp3) is 0.167. The zero-order chi connectivity index (χ0) is 18.4. The van der Waals surface area contributed by atoms with Gasteiger partial charge in [-0.3, -0.25) is 0 Å². The van der Waals surface area contributed by atoms with Crippen molar-refractivity contribution in [3.8, 4) is 11.1 Å². The fourth-order valence-corrected chi connectivity index (χ4v) is 4.13. The van der Waals surface area contributed by atoms with Crippen molar-refractivity contribution in [1.82, 2.24) is 4.57 Å². The number of nitrogens with zero attached hydrogens (tertiary/aromatic N) is 1. The van der Waals surface area contributed by atoms with E-state index in [1.807, 2.05) is 12.1 Å². The molecule has 5 aromatic rings. The fourth-order valence-electron chi connectivity index (χ4n) is 4.13. The average Bonchev–Trinajstić information content (AvgIpc) is 3.26. The van der Waals surface area contributed by atoms with Crippen molar-refractivity contribution in [3.63, 3.8) is 0 Å². The number of hydrogen-bond acceptors (Lipinski definition) is 2. The van der Waals surface area contributed by atoms with Gasteiger partial charge in [-0.15, -0.1) is 0 Å². The first-order valence-electron chi connectivity index (χ1n) is 9.52. The molecule has 134 valence electrons. The zero-order valence-electron chi connectivity index (χ0n) is 15.4. The van der Waals surface area contributed by atoms with Crippen molar-refractivity contribution in [3.05, 3.63) is 72.4 Å². The Balaban J connectivity index is 1.77. The van der Waals surface area contributed by atoms with Crippen molar-refractivity contribution in [1.29, 1.82) is 0 Å². The molecule has 5 rings (SSSR count). The first-order valence-corrected chi connectivity index (χ1v) is 9.52. The molecule has 3 heteroatoms. The Morgan fingerprint density at radius 3 is 2.63 bits per heavy atom. The van der Waals surface area contributed by atoms with Gasteiger partial charge in [0.25, 0.3) is 0 Å². The summed E-state index contributed by atoms with van der Waals surface area (Å²) in [5, 5.41) is 3.61. The van der Waals surface area contributed by atoms with Crippen LogP contribution >= 0.6 is 0 Å². The molecule has 2 heterocycles. The van der Waals surface area contributed by atoms with E-state index >= 15 is 0 Å². The second-order valence-corrected chi connectivity index (χ2v) is 6.99. The maximum absolute atomic E-state index is 6.23. The first-order chi connectivity index (χ1) is 13.3. The van der Waals surface area contributed by atoms with Crippen LogP contribution in [0.15, 0.2) is 71.3 Å². The van der Waals surface area contributed by atoms with E-state index in [4.69, 9.17) is 10.2 Å². The summed E-state index contributed by atoms with van der Waals surface area (Å²) in [5.41, 5.74) is 12.6. The van der Waals surface area contributed by atoms with Gasteiger partial charge in [0.2, 0.25) is 0 Å². The Kier molecular flexibility index (Phi) is 3.76. The number of aryl methyl sites for hydroxylation is 1. The lowest BCUT2D eigenvalue weighted by Gasteiger charge is -2.06. The number of para-hydroxylation sites is 2. The Hall–Kier alpha value is -3.04. The molecule has 0 bridgehead atoms. The van der Waals surface area contributed by atoms with Crippen LogP contribution in [0.1, 0.15) is 12.5 Å². The van der Waals surface area contributed by atoms with Gasteiger partial charge in [-0.25, -0.2) is 0 Å². The second-order valence-electron chi connectivity index (χ2n) is 6.99. The van der Waals surface area contributed by atoms with Gasteiger partial charge in [-0.2, -0.15) is 0 Å². The topological polar surface area (TPSA) is 44.1 Å². The summed E-state index contributed by atoms with van der Waals surface area (Å²) >= 11 is 0. The molecule has 0 aliphatic carbocycles. The van der Waals surface area contributed by atoms with Crippen molar-refractivity contribution in [2.45, 2.75) is 19.9 Å². The molecule has 0 radical (unpaired) electrons. The summed E-state index contributed by atoms with van der Waals surface area (Å²) < 4.78 is 8.53. The molecule has 3 nitrogen and oxygen atoms in total. The summed E-state index contributed by atoms with van der Waals surface area (Å²) in [5.74, 6) is 0. The predicted molar refractivity (Wildman–Crippen MR) is 113 cm³/mol. The highest BCUT2D eigenvalue weighted by molar-refractivity contribution is 6.10. The van der Waals surface area contributed by atoms with E-state index < -0.39 is 0 Å². The molecule has 2 aromatic heterocycles. The molecule has 0 amide bonds. The summed E-state index contributed by atoms with van der Waals surface area (Å²) in [4.78, 5) is 0. The molecule has 0 atom stereocenters. The third-order valence-electron chi connectivity index (χ3n) is 5.43. The van der Waals surface area contributed by atoms with Crippen LogP contribution < -0.4 is 5.73 Å². The highest BCUT2D eigenvalue weighted by atomic mass is 16.3. The summed E-state index contributed by atoms with van der Waals surface area (Å²) in [7, 11) is 0. The molecule has 3 aromatic carbocycles. The van der Waals surface area contributed by atoms with E-state index in [0.29, 0.717) is 6.54 Å². The maximum atomic E-state index is 6.23. The molecule has 0 aliphatic rings. The molecule has 0 spiro atoms. The van der Waals surface area contributed by atoms with Crippen LogP contribution in [0.4, 0.5) is 0 Å². The largest absolute Gasteiger partial charge is 0.455 e. The van der Waals surface area contributed by atoms with Crippen LogP contribution in [0.25, 0.3) is 44.0 Å². The number of rotatable bonds is 4. The van der Waals surface area contributed by atoms with Crippen LogP contribution in [0.5, 0.6) is 0 Å². The lowest BCUT2D eigenvalue weighted by atomic mass is 9.99. The smallest absolute Gasteiger partial charge is 0.143 e. The first kappa shape index (κ1) is 16.2. The van der Waals surface area contributed by atoms with Crippen molar-refractivity contribution in [2.24, 2.45) is 5.73 Å². The van der Waals surface area contributed by atoms with Gasteiger partial charge in [0, 0.05) is 40.0 Å². The van der Waals surface area contributed by atoms with Crippen LogP contribution in [0.3, 0.4) is 0 Å². The van der Waals surface area contributed by atoms with Crippen molar-refractivity contribution in [2.75, 3.05) is 6.54 Å². The lowest BCUT2D eigenvalue weighted by Crippen LogP contribution is -2.02. The minimum atomic E-state index is 0.659. The molecule has 2 N–H and O–H groups in total. The van der Waals surface area contributed by atoms with Crippen LogP contribution in [0.2, 0.25) is 0 Å². The third kappa shape index (κ3) is 2.47. The number of nitrogens with two attached hydrogens (primary N) is 1. The summed E-state index contributed by atoms with van der Waals surface area (Å²) in [6, 6.07) is 21.3. The van der Waals surface area contributed by atoms with Crippen LogP contribution in [0, 0.1) is 0 Å². The van der Waals surface area contributed by atoms with Gasteiger partial charge < -0.3 is 14.7 Å². The van der Waals surface area contributed by atoms with Gasteiger partial charge >= 0.3 is 0 Å². The molecular weight excluding hydrogens is 332 g/mol. The van der Waals surface area contributed by atoms with Crippen LogP contribution in [-0.4, -0.2) is 11.1 Å². The number of aromatic nitrogens is 1. The quantitative estimate of drug-likeness (QED) is 0.448. The van der Waals surface area contributed by atoms with E-state index in [-0.39, 0.29) is 0 Å². The summed E-state index contributed by atoms with van der Waals surface area (Å²) in [6.07, 6.45) is 3.13. The monoisotopic (exact) mass is 354 g/mol. The van der Waals surface area contributed by atoms with Gasteiger partial charge in [0.15, 0.2) is 0 Å². The average molecular weight is 354 g/mol. The van der Waals surface area contributed by atoms with Gasteiger partial charge in [-0.05, 0) is 49.2 Å². The van der Waals surface area contributed by atoms with Crippen LogP contribution in [-0.2, 0) is 13.0 Å². The highest BCUT2D eigenvalue weighted by Gasteiger charge is 2.14. The number of benzene rings is 3. The minimum Gasteiger partial charge on any atom is -0.455 e. The van der Waals surface area contributed by atoms with Crippen molar-refractivity contribution >= 4 is 32.8 Å². The van der Waals surface area contributed by atoms with E-state index in [1.165, 1.54) is 22.0 Å². The molecule has 0 aliphatic heterocycles. The Labute approximate surface area is 158 Å². The summed E-state index contributed by atoms with van der Waals surface area (Å²) in [6.45, 7) is 3.79.